The molecule has 1 N–H and O–H groups in total. The van der Waals surface area contributed by atoms with Gasteiger partial charge in [-0.25, -0.2) is 4.98 Å². The molecule has 3 fully saturated rings. The molecule has 1 atom stereocenters. The average Bonchev–Trinajstić information content (AvgIpc) is 3.37. The van der Waals surface area contributed by atoms with Gasteiger partial charge in [-0.2, -0.15) is 0 Å². The van der Waals surface area contributed by atoms with Crippen molar-refractivity contribution in [3.05, 3.63) is 11.1 Å². The lowest BCUT2D eigenvalue weighted by molar-refractivity contribution is -0.131. The summed E-state index contributed by atoms with van der Waals surface area (Å²) in [5.74, 6) is 1.15. The van der Waals surface area contributed by atoms with Crippen molar-refractivity contribution in [3.63, 3.8) is 0 Å². The van der Waals surface area contributed by atoms with Crippen molar-refractivity contribution in [2.75, 3.05) is 52.1 Å². The van der Waals surface area contributed by atoms with Gasteiger partial charge >= 0.3 is 0 Å². The van der Waals surface area contributed by atoms with E-state index in [1.54, 1.807) is 11.3 Å². The zero-order valence-electron chi connectivity index (χ0n) is 16.0. The Balaban J connectivity index is 1.42. The van der Waals surface area contributed by atoms with Gasteiger partial charge in [0, 0.05) is 63.7 Å². The van der Waals surface area contributed by atoms with Gasteiger partial charge in [-0.3, -0.25) is 14.6 Å². The average molecular weight is 378 g/mol. The second kappa shape index (κ2) is 7.44. The van der Waals surface area contributed by atoms with Gasteiger partial charge in [-0.15, -0.1) is 11.3 Å². The van der Waals surface area contributed by atoms with Gasteiger partial charge < -0.3 is 10.2 Å². The molecule has 0 bridgehead atoms. The lowest BCUT2D eigenvalue weighted by atomic mass is 9.86. The van der Waals surface area contributed by atoms with Gasteiger partial charge in [0.15, 0.2) is 5.13 Å². The Morgan fingerprint density at radius 1 is 1.31 bits per heavy atom. The van der Waals surface area contributed by atoms with Crippen LogP contribution in [0, 0.1) is 5.92 Å². The largest absolute Gasteiger partial charge is 0.365 e. The first-order chi connectivity index (χ1) is 12.6. The third kappa shape index (κ3) is 3.89. The zero-order valence-corrected chi connectivity index (χ0v) is 16.9. The molecule has 1 spiro atoms. The number of piperazine rings is 1. The number of nitrogens with one attached hydrogen (secondary N) is 1. The molecule has 3 aliphatic rings. The molecule has 0 unspecified atom stereocenters. The first-order valence-electron chi connectivity index (χ1n) is 9.91. The minimum absolute atomic E-state index is 0.133. The normalized spacial score (nSPS) is 28.5. The Kier molecular flexibility index (Phi) is 5.21. The quantitative estimate of drug-likeness (QED) is 0.852. The highest BCUT2D eigenvalue weighted by atomic mass is 32.1. The number of likely N-dealkylation sites (tertiary alicyclic amines) is 1. The van der Waals surface area contributed by atoms with E-state index >= 15 is 0 Å². The van der Waals surface area contributed by atoms with Crippen molar-refractivity contribution in [2.24, 2.45) is 5.92 Å². The van der Waals surface area contributed by atoms with Crippen LogP contribution in [0.1, 0.15) is 37.8 Å². The Labute approximate surface area is 160 Å². The summed E-state index contributed by atoms with van der Waals surface area (Å²) in [4.78, 5) is 24.5. The van der Waals surface area contributed by atoms with E-state index in [1.807, 2.05) is 7.05 Å². The fraction of sp³-hybridized carbons (Fsp3) is 0.789. The molecule has 3 heterocycles. The highest BCUT2D eigenvalue weighted by molar-refractivity contribution is 7.13. The van der Waals surface area contributed by atoms with E-state index in [-0.39, 0.29) is 5.54 Å². The standard InChI is InChI=1S/C19H31N5OS/c1-20-18-21-16(13-26-18)12-23-10-9-22(2)19(14-23)6-5-17(25)24(8-7-19)11-15-3-4-15/h13,15H,3-12,14H2,1-2H3,(H,20,21)/t19-/m0/s1. The number of carbonyl (C=O) groups is 1. The third-order valence-electron chi connectivity index (χ3n) is 6.41. The van der Waals surface area contributed by atoms with Crippen molar-refractivity contribution < 1.29 is 4.79 Å². The Hall–Kier alpha value is -1.18. The van der Waals surface area contributed by atoms with Crippen LogP contribution in [-0.2, 0) is 11.3 Å². The highest BCUT2D eigenvalue weighted by Crippen LogP contribution is 2.35. The molecule has 2 saturated heterocycles. The number of anilines is 1. The molecule has 1 saturated carbocycles. The molecular weight excluding hydrogens is 346 g/mol. The summed E-state index contributed by atoms with van der Waals surface area (Å²) < 4.78 is 0. The molecule has 2 aliphatic heterocycles. The number of hydrogen-bond donors (Lipinski definition) is 1. The van der Waals surface area contributed by atoms with Crippen LogP contribution in [0.4, 0.5) is 5.13 Å². The lowest BCUT2D eigenvalue weighted by Crippen LogP contribution is -2.60. The summed E-state index contributed by atoms with van der Waals surface area (Å²) in [5, 5.41) is 6.27. The number of aromatic nitrogens is 1. The number of carbonyl (C=O) groups excluding carboxylic acids is 1. The van der Waals surface area contributed by atoms with E-state index in [0.29, 0.717) is 12.3 Å². The first-order valence-corrected chi connectivity index (χ1v) is 10.8. The number of rotatable bonds is 5. The maximum atomic E-state index is 12.6. The van der Waals surface area contributed by atoms with Crippen LogP contribution >= 0.6 is 11.3 Å². The summed E-state index contributed by atoms with van der Waals surface area (Å²) >= 11 is 1.67. The van der Waals surface area contributed by atoms with Crippen molar-refractivity contribution in [3.8, 4) is 0 Å². The second-order valence-electron chi connectivity index (χ2n) is 8.28. The molecular formula is C19H31N5OS. The Morgan fingerprint density at radius 2 is 2.15 bits per heavy atom. The summed E-state index contributed by atoms with van der Waals surface area (Å²) in [6, 6.07) is 0. The molecule has 1 amide bonds. The van der Waals surface area contributed by atoms with Crippen LogP contribution in [0.25, 0.3) is 0 Å². The van der Waals surface area contributed by atoms with Gasteiger partial charge in [0.1, 0.15) is 0 Å². The van der Waals surface area contributed by atoms with Crippen LogP contribution < -0.4 is 5.32 Å². The maximum absolute atomic E-state index is 12.6. The predicted octanol–water partition coefficient (Wildman–Crippen LogP) is 2.09. The van der Waals surface area contributed by atoms with E-state index in [4.69, 9.17) is 0 Å². The van der Waals surface area contributed by atoms with E-state index in [0.717, 1.165) is 68.9 Å². The van der Waals surface area contributed by atoms with Gasteiger partial charge in [0.25, 0.3) is 0 Å². The van der Waals surface area contributed by atoms with Gasteiger partial charge in [0.05, 0.1) is 5.69 Å². The van der Waals surface area contributed by atoms with Crippen molar-refractivity contribution in [1.29, 1.82) is 0 Å². The number of amides is 1. The zero-order chi connectivity index (χ0) is 18.1. The van der Waals surface area contributed by atoms with Gasteiger partial charge in [0.2, 0.25) is 5.91 Å². The fourth-order valence-corrected chi connectivity index (χ4v) is 5.10. The van der Waals surface area contributed by atoms with E-state index in [2.05, 4.69) is 37.4 Å². The molecule has 26 heavy (non-hydrogen) atoms. The summed E-state index contributed by atoms with van der Waals surface area (Å²) in [6.07, 6.45) is 5.40. The smallest absolute Gasteiger partial charge is 0.222 e. The summed E-state index contributed by atoms with van der Waals surface area (Å²) in [5.41, 5.74) is 1.28. The lowest BCUT2D eigenvalue weighted by Gasteiger charge is -2.49. The van der Waals surface area contributed by atoms with E-state index < -0.39 is 0 Å². The van der Waals surface area contributed by atoms with Crippen molar-refractivity contribution in [1.82, 2.24) is 19.7 Å². The molecule has 1 aromatic rings. The fourth-order valence-electron chi connectivity index (χ4n) is 4.44. The SMILES string of the molecule is CNc1nc(CN2CCN(C)[C@]3(CCC(=O)N(CC4CC4)CC3)C2)cs1. The van der Waals surface area contributed by atoms with Crippen LogP contribution in [0.5, 0.6) is 0 Å². The number of thiazole rings is 1. The number of nitrogens with zero attached hydrogens (tertiary/aromatic N) is 4. The topological polar surface area (TPSA) is 51.7 Å². The Bertz CT molecular complexity index is 646. The monoisotopic (exact) mass is 377 g/mol. The number of likely N-dealkylation sites (N-methyl/N-ethyl adjacent to an activating group) is 1. The number of hydrogen-bond acceptors (Lipinski definition) is 6. The summed E-state index contributed by atoms with van der Waals surface area (Å²) in [6.45, 7) is 6.01. The third-order valence-corrected chi connectivity index (χ3v) is 7.32. The molecule has 144 valence electrons. The minimum atomic E-state index is 0.133. The molecule has 0 aromatic carbocycles. The maximum Gasteiger partial charge on any atom is 0.222 e. The molecule has 4 rings (SSSR count). The Morgan fingerprint density at radius 3 is 2.88 bits per heavy atom. The van der Waals surface area contributed by atoms with Gasteiger partial charge in [-0.05, 0) is 38.6 Å². The first kappa shape index (κ1) is 18.2. The highest BCUT2D eigenvalue weighted by Gasteiger charge is 2.42. The predicted molar refractivity (Wildman–Crippen MR) is 105 cm³/mol. The van der Waals surface area contributed by atoms with Crippen LogP contribution in [-0.4, -0.2) is 77.9 Å². The minimum Gasteiger partial charge on any atom is -0.365 e. The molecule has 6 nitrogen and oxygen atoms in total. The van der Waals surface area contributed by atoms with E-state index in [1.165, 1.54) is 12.8 Å². The molecule has 7 heteroatoms. The van der Waals surface area contributed by atoms with Crippen molar-refractivity contribution >= 4 is 22.4 Å². The van der Waals surface area contributed by atoms with Gasteiger partial charge in [-0.1, -0.05) is 0 Å². The van der Waals surface area contributed by atoms with E-state index in [9.17, 15) is 4.79 Å². The molecule has 1 aromatic heterocycles. The second-order valence-corrected chi connectivity index (χ2v) is 9.14. The van der Waals surface area contributed by atoms with Crippen molar-refractivity contribution in [2.45, 2.75) is 44.2 Å². The molecule has 1 aliphatic carbocycles. The molecule has 0 radical (unpaired) electrons. The summed E-state index contributed by atoms with van der Waals surface area (Å²) in [7, 11) is 4.17. The van der Waals surface area contributed by atoms with Crippen LogP contribution in [0.15, 0.2) is 5.38 Å². The van der Waals surface area contributed by atoms with Crippen LogP contribution in [0.2, 0.25) is 0 Å². The van der Waals surface area contributed by atoms with Crippen LogP contribution in [0.3, 0.4) is 0 Å².